The van der Waals surface area contributed by atoms with E-state index in [1.807, 2.05) is 30.9 Å². The number of phenols is 1. The first-order chi connectivity index (χ1) is 13.0. The Hall–Kier alpha value is -2.59. The number of fused-ring (bicyclic) bond motifs is 2. The van der Waals surface area contributed by atoms with Crippen LogP contribution in [0.4, 0.5) is 0 Å². The fourth-order valence-corrected chi connectivity index (χ4v) is 4.38. The third-order valence-electron chi connectivity index (χ3n) is 5.89. The molecule has 0 bridgehead atoms. The van der Waals surface area contributed by atoms with Crippen LogP contribution < -0.4 is 0 Å². The summed E-state index contributed by atoms with van der Waals surface area (Å²) in [7, 11) is 0. The van der Waals surface area contributed by atoms with Gasteiger partial charge in [0, 0.05) is 18.7 Å². The maximum atomic E-state index is 13.2. The Balaban J connectivity index is 1.52. The van der Waals surface area contributed by atoms with Crippen molar-refractivity contribution >= 4 is 11.5 Å². The fraction of sp³-hybridized carbons (Fsp3) is 0.348. The van der Waals surface area contributed by atoms with Crippen molar-refractivity contribution in [1.29, 1.82) is 0 Å². The minimum absolute atomic E-state index is 0.0485. The molecule has 1 amide bonds. The maximum absolute atomic E-state index is 13.2. The second-order valence-electron chi connectivity index (χ2n) is 7.43. The molecule has 2 aromatic carbocycles. The molecule has 0 atom stereocenters. The third-order valence-corrected chi connectivity index (χ3v) is 5.89. The number of hydrogen-bond donors (Lipinski definition) is 1. The van der Waals surface area contributed by atoms with Gasteiger partial charge in [-0.15, -0.1) is 0 Å². The molecule has 2 aliphatic heterocycles. The molecule has 4 rings (SSSR count). The average molecular weight is 363 g/mol. The number of nitrogens with zero attached hydrogens (tertiary/aromatic N) is 1. The Morgan fingerprint density at radius 2 is 1.93 bits per heavy atom. The van der Waals surface area contributed by atoms with E-state index in [1.165, 1.54) is 11.1 Å². The van der Waals surface area contributed by atoms with Crippen molar-refractivity contribution in [3.05, 3.63) is 70.8 Å². The first kappa shape index (κ1) is 17.8. The van der Waals surface area contributed by atoms with E-state index in [0.29, 0.717) is 25.3 Å². The van der Waals surface area contributed by atoms with Gasteiger partial charge in [0.15, 0.2) is 0 Å². The Bertz CT molecular complexity index is 908. The van der Waals surface area contributed by atoms with E-state index in [4.69, 9.17) is 4.74 Å². The largest absolute Gasteiger partial charge is 0.508 e. The smallest absolute Gasteiger partial charge is 0.254 e. The van der Waals surface area contributed by atoms with Crippen LogP contribution in [0.3, 0.4) is 0 Å². The lowest BCUT2D eigenvalue weighted by Gasteiger charge is -2.39. The highest BCUT2D eigenvalue weighted by molar-refractivity contribution is 6.19. The molecule has 4 heteroatoms. The van der Waals surface area contributed by atoms with Gasteiger partial charge in [0.2, 0.25) is 0 Å². The van der Waals surface area contributed by atoms with E-state index in [0.717, 1.165) is 24.0 Å². The summed E-state index contributed by atoms with van der Waals surface area (Å²) < 4.78 is 6.20. The fourth-order valence-electron chi connectivity index (χ4n) is 4.38. The van der Waals surface area contributed by atoms with Crippen LogP contribution in [-0.2, 0) is 21.7 Å². The number of aromatic hydroxyl groups is 1. The molecule has 1 N–H and O–H groups in total. The van der Waals surface area contributed by atoms with Crippen LogP contribution in [0, 0.1) is 6.92 Å². The molecule has 4 nitrogen and oxygen atoms in total. The lowest BCUT2D eigenvalue weighted by Crippen LogP contribution is -2.45. The van der Waals surface area contributed by atoms with Crippen molar-refractivity contribution < 1.29 is 14.6 Å². The van der Waals surface area contributed by atoms with E-state index < -0.39 is 0 Å². The van der Waals surface area contributed by atoms with Gasteiger partial charge in [-0.05, 0) is 61.1 Å². The zero-order chi connectivity index (χ0) is 19.0. The number of hydrogen-bond acceptors (Lipinski definition) is 3. The van der Waals surface area contributed by atoms with Crippen molar-refractivity contribution in [3.63, 3.8) is 0 Å². The SMILES string of the molecule is C/C=C(/C(=O)N1CCC2(CC1)OCc1ccccc12)c1ccc(O)cc1C. The first-order valence-electron chi connectivity index (χ1n) is 9.52. The summed E-state index contributed by atoms with van der Waals surface area (Å²) in [4.78, 5) is 15.1. The summed E-state index contributed by atoms with van der Waals surface area (Å²) in [6, 6.07) is 13.6. The quantitative estimate of drug-likeness (QED) is 0.816. The standard InChI is InChI=1S/C23H25NO3/c1-3-19(20-9-8-18(25)14-16(20)2)22(26)24-12-10-23(11-13-24)21-7-5-4-6-17(21)15-27-23/h3-9,14,25H,10-13,15H2,1-2H3/b19-3+. The molecule has 0 aliphatic carbocycles. The monoisotopic (exact) mass is 363 g/mol. The van der Waals surface area contributed by atoms with Gasteiger partial charge < -0.3 is 14.7 Å². The molecular weight excluding hydrogens is 338 g/mol. The highest BCUT2D eigenvalue weighted by Gasteiger charge is 2.43. The van der Waals surface area contributed by atoms with Gasteiger partial charge in [0.25, 0.3) is 5.91 Å². The van der Waals surface area contributed by atoms with E-state index >= 15 is 0 Å². The van der Waals surface area contributed by atoms with Crippen LogP contribution in [0.15, 0.2) is 48.5 Å². The summed E-state index contributed by atoms with van der Waals surface area (Å²) in [6.07, 6.45) is 3.51. The lowest BCUT2D eigenvalue weighted by atomic mass is 9.83. The molecule has 0 saturated carbocycles. The van der Waals surface area contributed by atoms with E-state index in [-0.39, 0.29) is 17.3 Å². The molecule has 2 aromatic rings. The molecule has 2 aliphatic rings. The first-order valence-corrected chi connectivity index (χ1v) is 9.52. The average Bonchev–Trinajstić information content (AvgIpc) is 3.03. The van der Waals surface area contributed by atoms with Gasteiger partial charge in [-0.1, -0.05) is 36.4 Å². The number of ether oxygens (including phenoxy) is 1. The summed E-state index contributed by atoms with van der Waals surface area (Å²) >= 11 is 0. The number of carbonyl (C=O) groups excluding carboxylic acids is 1. The van der Waals surface area contributed by atoms with Crippen LogP contribution in [0.5, 0.6) is 5.75 Å². The molecule has 0 unspecified atom stereocenters. The molecular formula is C23H25NO3. The summed E-state index contributed by atoms with van der Waals surface area (Å²) in [6.45, 7) is 5.84. The summed E-state index contributed by atoms with van der Waals surface area (Å²) in [5, 5.41) is 9.65. The Morgan fingerprint density at radius 1 is 1.19 bits per heavy atom. The van der Waals surface area contributed by atoms with Crippen molar-refractivity contribution in [2.75, 3.05) is 13.1 Å². The molecule has 0 radical (unpaired) electrons. The normalized spacial score (nSPS) is 18.6. The third kappa shape index (κ3) is 3.04. The summed E-state index contributed by atoms with van der Waals surface area (Å²) in [5.41, 5.74) is 4.79. The molecule has 140 valence electrons. The van der Waals surface area contributed by atoms with Crippen molar-refractivity contribution in [1.82, 2.24) is 4.90 Å². The van der Waals surface area contributed by atoms with E-state index in [9.17, 15) is 9.90 Å². The number of amides is 1. The number of carbonyl (C=O) groups is 1. The van der Waals surface area contributed by atoms with Crippen LogP contribution in [0.1, 0.15) is 42.0 Å². The van der Waals surface area contributed by atoms with Gasteiger partial charge in [0.1, 0.15) is 5.75 Å². The number of phenolic OH excluding ortho intramolecular Hbond substituents is 1. The number of piperidine rings is 1. The zero-order valence-electron chi connectivity index (χ0n) is 15.9. The second kappa shape index (κ2) is 6.86. The van der Waals surface area contributed by atoms with E-state index in [2.05, 4.69) is 24.3 Å². The van der Waals surface area contributed by atoms with Gasteiger partial charge in [-0.25, -0.2) is 0 Å². The molecule has 2 heterocycles. The Kier molecular flexibility index (Phi) is 4.52. The molecule has 0 aromatic heterocycles. The van der Waals surface area contributed by atoms with Crippen molar-refractivity contribution in [3.8, 4) is 5.75 Å². The van der Waals surface area contributed by atoms with Gasteiger partial charge in [-0.2, -0.15) is 0 Å². The van der Waals surface area contributed by atoms with Crippen LogP contribution in [0.25, 0.3) is 5.57 Å². The number of allylic oxidation sites excluding steroid dienone is 1. The van der Waals surface area contributed by atoms with E-state index in [1.54, 1.807) is 12.1 Å². The topological polar surface area (TPSA) is 49.8 Å². The zero-order valence-corrected chi connectivity index (χ0v) is 15.9. The number of benzene rings is 2. The van der Waals surface area contributed by atoms with Crippen LogP contribution in [-0.4, -0.2) is 29.0 Å². The lowest BCUT2D eigenvalue weighted by molar-refractivity contribution is -0.132. The Morgan fingerprint density at radius 3 is 2.63 bits per heavy atom. The highest BCUT2D eigenvalue weighted by atomic mass is 16.5. The number of aryl methyl sites for hydroxylation is 1. The summed E-state index contributed by atoms with van der Waals surface area (Å²) in [5.74, 6) is 0.267. The van der Waals surface area contributed by atoms with Crippen molar-refractivity contribution in [2.24, 2.45) is 0 Å². The van der Waals surface area contributed by atoms with Crippen LogP contribution >= 0.6 is 0 Å². The minimum atomic E-state index is -0.238. The minimum Gasteiger partial charge on any atom is -0.508 e. The van der Waals surface area contributed by atoms with Gasteiger partial charge in [-0.3, -0.25) is 4.79 Å². The van der Waals surface area contributed by atoms with Crippen molar-refractivity contribution in [2.45, 2.75) is 38.9 Å². The van der Waals surface area contributed by atoms with Gasteiger partial charge >= 0.3 is 0 Å². The highest BCUT2D eigenvalue weighted by Crippen LogP contribution is 2.44. The number of rotatable bonds is 2. The second-order valence-corrected chi connectivity index (χ2v) is 7.43. The van der Waals surface area contributed by atoms with Gasteiger partial charge in [0.05, 0.1) is 12.2 Å². The Labute approximate surface area is 160 Å². The molecule has 1 fully saturated rings. The predicted molar refractivity (Wildman–Crippen MR) is 105 cm³/mol. The molecule has 1 saturated heterocycles. The molecule has 27 heavy (non-hydrogen) atoms. The molecule has 1 spiro atoms. The number of likely N-dealkylation sites (tertiary alicyclic amines) is 1. The van der Waals surface area contributed by atoms with Crippen LogP contribution in [0.2, 0.25) is 0 Å². The predicted octanol–water partition coefficient (Wildman–Crippen LogP) is 4.15. The maximum Gasteiger partial charge on any atom is 0.254 e.